The summed E-state index contributed by atoms with van der Waals surface area (Å²) in [6, 6.07) is 0.612. The molecule has 0 aromatic carbocycles. The Morgan fingerprint density at radius 3 is 2.53 bits per heavy atom. The van der Waals surface area contributed by atoms with Crippen LogP contribution in [0.2, 0.25) is 0 Å². The Morgan fingerprint density at radius 1 is 1.27 bits per heavy atom. The first kappa shape index (κ1) is 10.7. The first-order valence-corrected chi connectivity index (χ1v) is 6.23. The Morgan fingerprint density at radius 2 is 2.00 bits per heavy atom. The molecule has 1 aromatic rings. The highest BCUT2D eigenvalue weighted by Crippen LogP contribution is 2.32. The van der Waals surface area contributed by atoms with Gasteiger partial charge in [-0.15, -0.1) is 0 Å². The fourth-order valence-electron chi connectivity index (χ4n) is 2.47. The second kappa shape index (κ2) is 4.77. The van der Waals surface area contributed by atoms with E-state index in [4.69, 9.17) is 0 Å². The Balaban J connectivity index is 1.95. The van der Waals surface area contributed by atoms with E-state index in [1.54, 1.807) is 0 Å². The SMILES string of the molecule is CCc1ncn(C2CCC(CC)CC2)n1. The summed E-state index contributed by atoms with van der Waals surface area (Å²) >= 11 is 0. The largest absolute Gasteiger partial charge is 0.250 e. The van der Waals surface area contributed by atoms with Crippen LogP contribution in [0.25, 0.3) is 0 Å². The molecule has 0 N–H and O–H groups in total. The summed E-state index contributed by atoms with van der Waals surface area (Å²) < 4.78 is 2.09. The maximum absolute atomic E-state index is 4.51. The molecular weight excluding hydrogens is 186 g/mol. The molecule has 0 spiro atoms. The number of aromatic nitrogens is 3. The normalized spacial score (nSPS) is 26.8. The summed E-state index contributed by atoms with van der Waals surface area (Å²) in [6.07, 6.45) is 9.48. The molecule has 0 atom stereocenters. The van der Waals surface area contributed by atoms with Crippen LogP contribution in [0.1, 0.15) is 57.8 Å². The minimum absolute atomic E-state index is 0.612. The molecule has 3 nitrogen and oxygen atoms in total. The fraction of sp³-hybridized carbons (Fsp3) is 0.833. The van der Waals surface area contributed by atoms with E-state index in [-0.39, 0.29) is 0 Å². The van der Waals surface area contributed by atoms with Gasteiger partial charge < -0.3 is 0 Å². The van der Waals surface area contributed by atoms with Crippen LogP contribution in [0.4, 0.5) is 0 Å². The van der Waals surface area contributed by atoms with E-state index in [2.05, 4.69) is 28.6 Å². The third-order valence-electron chi connectivity index (χ3n) is 3.64. The van der Waals surface area contributed by atoms with Crippen molar-refractivity contribution in [2.24, 2.45) is 5.92 Å². The second-order valence-electron chi connectivity index (χ2n) is 4.58. The molecule has 0 unspecified atom stereocenters. The second-order valence-corrected chi connectivity index (χ2v) is 4.58. The molecule has 0 bridgehead atoms. The van der Waals surface area contributed by atoms with Crippen molar-refractivity contribution >= 4 is 0 Å². The molecule has 15 heavy (non-hydrogen) atoms. The van der Waals surface area contributed by atoms with Crippen LogP contribution in [0.3, 0.4) is 0 Å². The quantitative estimate of drug-likeness (QED) is 0.763. The lowest BCUT2D eigenvalue weighted by atomic mass is 9.85. The number of hydrogen-bond acceptors (Lipinski definition) is 2. The molecule has 1 aliphatic rings. The summed E-state index contributed by atoms with van der Waals surface area (Å²) in [6.45, 7) is 4.41. The highest BCUT2D eigenvalue weighted by molar-refractivity contribution is 4.84. The van der Waals surface area contributed by atoms with Gasteiger partial charge in [0.2, 0.25) is 0 Å². The Hall–Kier alpha value is -0.860. The van der Waals surface area contributed by atoms with Crippen molar-refractivity contribution in [1.29, 1.82) is 0 Å². The van der Waals surface area contributed by atoms with Crippen molar-refractivity contribution in [3.63, 3.8) is 0 Å². The Kier molecular flexibility index (Phi) is 3.39. The summed E-state index contributed by atoms with van der Waals surface area (Å²) in [7, 11) is 0. The molecule has 0 saturated heterocycles. The van der Waals surface area contributed by atoms with Gasteiger partial charge in [-0.3, -0.25) is 0 Å². The lowest BCUT2D eigenvalue weighted by Gasteiger charge is -2.27. The van der Waals surface area contributed by atoms with Gasteiger partial charge in [0.05, 0.1) is 6.04 Å². The molecule has 1 fully saturated rings. The maximum Gasteiger partial charge on any atom is 0.150 e. The Labute approximate surface area is 91.9 Å². The fourth-order valence-corrected chi connectivity index (χ4v) is 2.47. The van der Waals surface area contributed by atoms with E-state index in [9.17, 15) is 0 Å². The summed E-state index contributed by atoms with van der Waals surface area (Å²) in [5, 5.41) is 4.51. The molecule has 0 radical (unpaired) electrons. The van der Waals surface area contributed by atoms with Crippen LogP contribution in [-0.4, -0.2) is 14.8 Å². The maximum atomic E-state index is 4.51. The summed E-state index contributed by atoms with van der Waals surface area (Å²) in [4.78, 5) is 4.30. The number of hydrogen-bond donors (Lipinski definition) is 0. The molecule has 2 rings (SSSR count). The van der Waals surface area contributed by atoms with Crippen LogP contribution in [-0.2, 0) is 6.42 Å². The van der Waals surface area contributed by atoms with Gasteiger partial charge in [0.15, 0.2) is 0 Å². The molecule has 1 saturated carbocycles. The zero-order chi connectivity index (χ0) is 10.7. The van der Waals surface area contributed by atoms with Crippen molar-refractivity contribution in [2.75, 3.05) is 0 Å². The molecular formula is C12H21N3. The van der Waals surface area contributed by atoms with Gasteiger partial charge in [-0.05, 0) is 31.6 Å². The predicted molar refractivity (Wildman–Crippen MR) is 60.7 cm³/mol. The molecule has 1 heterocycles. The van der Waals surface area contributed by atoms with E-state index < -0.39 is 0 Å². The van der Waals surface area contributed by atoms with Gasteiger partial charge in [-0.25, -0.2) is 9.67 Å². The van der Waals surface area contributed by atoms with Crippen molar-refractivity contribution in [1.82, 2.24) is 14.8 Å². The molecule has 0 amide bonds. The van der Waals surface area contributed by atoms with Gasteiger partial charge >= 0.3 is 0 Å². The monoisotopic (exact) mass is 207 g/mol. The van der Waals surface area contributed by atoms with E-state index in [0.29, 0.717) is 6.04 Å². The molecule has 1 aliphatic carbocycles. The van der Waals surface area contributed by atoms with E-state index in [1.807, 2.05) is 6.33 Å². The standard InChI is InChI=1S/C12H21N3/c1-3-10-5-7-11(8-6-10)15-9-13-12(4-2)14-15/h9-11H,3-8H2,1-2H3. The van der Waals surface area contributed by atoms with Crippen molar-refractivity contribution in [3.05, 3.63) is 12.2 Å². The topological polar surface area (TPSA) is 30.7 Å². The van der Waals surface area contributed by atoms with E-state index >= 15 is 0 Å². The van der Waals surface area contributed by atoms with Crippen molar-refractivity contribution in [2.45, 2.75) is 58.4 Å². The highest BCUT2D eigenvalue weighted by Gasteiger charge is 2.21. The van der Waals surface area contributed by atoms with Crippen LogP contribution in [0, 0.1) is 5.92 Å². The third-order valence-corrected chi connectivity index (χ3v) is 3.64. The minimum Gasteiger partial charge on any atom is -0.250 e. The third kappa shape index (κ3) is 2.39. The number of aryl methyl sites for hydroxylation is 1. The Bertz CT molecular complexity index is 298. The predicted octanol–water partition coefficient (Wildman–Crippen LogP) is 2.98. The van der Waals surface area contributed by atoms with Crippen molar-refractivity contribution < 1.29 is 0 Å². The molecule has 3 heteroatoms. The first-order valence-electron chi connectivity index (χ1n) is 6.23. The summed E-state index contributed by atoms with van der Waals surface area (Å²) in [5.41, 5.74) is 0. The average molecular weight is 207 g/mol. The molecule has 0 aliphatic heterocycles. The van der Waals surface area contributed by atoms with E-state index in [0.717, 1.165) is 18.2 Å². The lowest BCUT2D eigenvalue weighted by molar-refractivity contribution is 0.255. The van der Waals surface area contributed by atoms with Crippen LogP contribution < -0.4 is 0 Å². The molecule has 84 valence electrons. The number of nitrogens with zero attached hydrogens (tertiary/aromatic N) is 3. The zero-order valence-corrected chi connectivity index (χ0v) is 9.82. The van der Waals surface area contributed by atoms with Crippen LogP contribution in [0.5, 0.6) is 0 Å². The van der Waals surface area contributed by atoms with Gasteiger partial charge in [0, 0.05) is 6.42 Å². The highest BCUT2D eigenvalue weighted by atomic mass is 15.3. The van der Waals surface area contributed by atoms with Crippen LogP contribution in [0.15, 0.2) is 6.33 Å². The smallest absolute Gasteiger partial charge is 0.150 e. The first-order chi connectivity index (χ1) is 7.33. The van der Waals surface area contributed by atoms with Gasteiger partial charge in [0.25, 0.3) is 0 Å². The number of rotatable bonds is 3. The molecule has 1 aromatic heterocycles. The van der Waals surface area contributed by atoms with Crippen molar-refractivity contribution in [3.8, 4) is 0 Å². The summed E-state index contributed by atoms with van der Waals surface area (Å²) in [5.74, 6) is 1.93. The average Bonchev–Trinajstić information content (AvgIpc) is 2.78. The zero-order valence-electron chi connectivity index (χ0n) is 9.82. The minimum atomic E-state index is 0.612. The lowest BCUT2D eigenvalue weighted by Crippen LogP contribution is -2.18. The van der Waals surface area contributed by atoms with Gasteiger partial charge in [-0.2, -0.15) is 5.10 Å². The van der Waals surface area contributed by atoms with Crippen LogP contribution >= 0.6 is 0 Å². The van der Waals surface area contributed by atoms with E-state index in [1.165, 1.54) is 32.1 Å². The van der Waals surface area contributed by atoms with Gasteiger partial charge in [0.1, 0.15) is 12.2 Å². The van der Waals surface area contributed by atoms with Gasteiger partial charge in [-0.1, -0.05) is 20.3 Å².